The standard InChI is InChI=1S/C16H19NO2S2/c18-21(19,11-13-6-4-5-7-13)12-15-10-17-16(20-15)14-8-2-1-3-9-14/h1-3,8-10,13H,4-7,11-12H2. The van der Waals surface area contributed by atoms with Gasteiger partial charge < -0.3 is 0 Å². The van der Waals surface area contributed by atoms with Crippen LogP contribution in [0.4, 0.5) is 0 Å². The fraction of sp³-hybridized carbons (Fsp3) is 0.438. The second-order valence-corrected chi connectivity index (χ2v) is 8.93. The molecule has 1 saturated carbocycles. The van der Waals surface area contributed by atoms with E-state index in [1.807, 2.05) is 30.3 Å². The molecule has 0 bridgehead atoms. The Bertz CT molecular complexity index is 686. The third-order valence-electron chi connectivity index (χ3n) is 3.90. The molecule has 1 fully saturated rings. The molecule has 0 atom stereocenters. The Hall–Kier alpha value is -1.20. The summed E-state index contributed by atoms with van der Waals surface area (Å²) in [5.74, 6) is 0.844. The van der Waals surface area contributed by atoms with Crippen molar-refractivity contribution in [2.75, 3.05) is 5.75 Å². The number of benzene rings is 1. The van der Waals surface area contributed by atoms with Crippen molar-refractivity contribution >= 4 is 21.2 Å². The van der Waals surface area contributed by atoms with Crippen molar-refractivity contribution in [3.63, 3.8) is 0 Å². The van der Waals surface area contributed by atoms with Gasteiger partial charge in [0, 0.05) is 16.6 Å². The fourth-order valence-electron chi connectivity index (χ4n) is 2.90. The van der Waals surface area contributed by atoms with E-state index in [-0.39, 0.29) is 5.75 Å². The van der Waals surface area contributed by atoms with Gasteiger partial charge in [0.1, 0.15) is 5.01 Å². The van der Waals surface area contributed by atoms with Crippen LogP contribution >= 0.6 is 11.3 Å². The van der Waals surface area contributed by atoms with Gasteiger partial charge in [-0.1, -0.05) is 43.2 Å². The summed E-state index contributed by atoms with van der Waals surface area (Å²) in [5.41, 5.74) is 1.04. The lowest BCUT2D eigenvalue weighted by molar-refractivity contribution is 0.558. The van der Waals surface area contributed by atoms with Gasteiger partial charge in [-0.3, -0.25) is 0 Å². The minimum absolute atomic E-state index is 0.133. The van der Waals surface area contributed by atoms with Crippen molar-refractivity contribution in [3.8, 4) is 10.6 Å². The van der Waals surface area contributed by atoms with E-state index in [1.54, 1.807) is 6.20 Å². The van der Waals surface area contributed by atoms with Gasteiger partial charge in [0.25, 0.3) is 0 Å². The van der Waals surface area contributed by atoms with Gasteiger partial charge in [-0.05, 0) is 18.8 Å². The van der Waals surface area contributed by atoms with Crippen LogP contribution in [0.25, 0.3) is 10.6 Å². The predicted octanol–water partition coefficient (Wildman–Crippen LogP) is 3.92. The maximum Gasteiger partial charge on any atom is 0.155 e. The maximum atomic E-state index is 12.3. The number of hydrogen-bond acceptors (Lipinski definition) is 4. The number of sulfone groups is 1. The normalized spacial score (nSPS) is 16.4. The van der Waals surface area contributed by atoms with E-state index >= 15 is 0 Å². The molecule has 1 heterocycles. The molecule has 0 N–H and O–H groups in total. The zero-order chi connectivity index (χ0) is 14.7. The van der Waals surface area contributed by atoms with Crippen LogP contribution < -0.4 is 0 Å². The topological polar surface area (TPSA) is 47.0 Å². The van der Waals surface area contributed by atoms with Crippen molar-refractivity contribution in [2.45, 2.75) is 31.4 Å². The summed E-state index contributed by atoms with van der Waals surface area (Å²) in [6.45, 7) is 0. The van der Waals surface area contributed by atoms with E-state index in [9.17, 15) is 8.42 Å². The van der Waals surface area contributed by atoms with Gasteiger partial charge in [0.2, 0.25) is 0 Å². The molecule has 1 aliphatic carbocycles. The molecule has 1 aromatic heterocycles. The van der Waals surface area contributed by atoms with Crippen molar-refractivity contribution < 1.29 is 8.42 Å². The zero-order valence-electron chi connectivity index (χ0n) is 11.9. The van der Waals surface area contributed by atoms with Gasteiger partial charge >= 0.3 is 0 Å². The van der Waals surface area contributed by atoms with Gasteiger partial charge in [0.15, 0.2) is 9.84 Å². The Balaban J connectivity index is 1.69. The number of thiazole rings is 1. The first kappa shape index (κ1) is 14.7. The van der Waals surface area contributed by atoms with Crippen LogP contribution in [0.5, 0.6) is 0 Å². The van der Waals surface area contributed by atoms with Crippen molar-refractivity contribution in [1.82, 2.24) is 4.98 Å². The Kier molecular flexibility index (Phi) is 4.40. The molecule has 0 amide bonds. The number of hydrogen-bond donors (Lipinski definition) is 0. The van der Waals surface area contributed by atoms with Crippen LogP contribution in [-0.4, -0.2) is 19.2 Å². The Morgan fingerprint density at radius 3 is 2.57 bits per heavy atom. The Labute approximate surface area is 130 Å². The largest absolute Gasteiger partial charge is 0.244 e. The molecule has 2 aromatic rings. The Morgan fingerprint density at radius 2 is 1.86 bits per heavy atom. The second-order valence-electron chi connectivity index (χ2n) is 5.70. The average Bonchev–Trinajstić information content (AvgIpc) is 3.10. The minimum atomic E-state index is -3.02. The summed E-state index contributed by atoms with van der Waals surface area (Å²) < 4.78 is 24.6. The van der Waals surface area contributed by atoms with Crippen LogP contribution in [0.15, 0.2) is 36.5 Å². The molecule has 1 aliphatic rings. The van der Waals surface area contributed by atoms with Gasteiger partial charge in [0.05, 0.1) is 11.5 Å². The quantitative estimate of drug-likeness (QED) is 0.838. The second kappa shape index (κ2) is 6.28. The smallest absolute Gasteiger partial charge is 0.155 e. The first-order valence-corrected chi connectivity index (χ1v) is 9.97. The average molecular weight is 321 g/mol. The molecular formula is C16H19NO2S2. The molecule has 3 nitrogen and oxygen atoms in total. The third kappa shape index (κ3) is 3.92. The summed E-state index contributed by atoms with van der Waals surface area (Å²) in [6.07, 6.45) is 6.20. The van der Waals surface area contributed by atoms with Crippen molar-refractivity contribution in [3.05, 3.63) is 41.4 Å². The highest BCUT2D eigenvalue weighted by atomic mass is 32.2. The fourth-order valence-corrected chi connectivity index (χ4v) is 6.07. The summed E-state index contributed by atoms with van der Waals surface area (Å²) >= 11 is 1.48. The Morgan fingerprint density at radius 1 is 1.14 bits per heavy atom. The molecule has 0 saturated heterocycles. The lowest BCUT2D eigenvalue weighted by Gasteiger charge is -2.08. The third-order valence-corrected chi connectivity index (χ3v) is 6.86. The number of aromatic nitrogens is 1. The molecule has 21 heavy (non-hydrogen) atoms. The van der Waals surface area contributed by atoms with Gasteiger partial charge in [-0.25, -0.2) is 13.4 Å². The monoisotopic (exact) mass is 321 g/mol. The lowest BCUT2D eigenvalue weighted by Crippen LogP contribution is -2.15. The van der Waals surface area contributed by atoms with Gasteiger partial charge in [-0.2, -0.15) is 0 Å². The van der Waals surface area contributed by atoms with Crippen LogP contribution in [0, 0.1) is 5.92 Å². The van der Waals surface area contributed by atoms with Crippen molar-refractivity contribution in [1.29, 1.82) is 0 Å². The van der Waals surface area contributed by atoms with E-state index in [2.05, 4.69) is 4.98 Å². The SMILES string of the molecule is O=S(=O)(Cc1cnc(-c2ccccc2)s1)CC1CCCC1. The first-order valence-electron chi connectivity index (χ1n) is 7.33. The molecule has 0 aliphatic heterocycles. The van der Waals surface area contributed by atoms with Crippen molar-refractivity contribution in [2.24, 2.45) is 5.92 Å². The van der Waals surface area contributed by atoms with E-state index in [1.165, 1.54) is 24.2 Å². The lowest BCUT2D eigenvalue weighted by atomic mass is 10.1. The van der Waals surface area contributed by atoms with Gasteiger partial charge in [-0.15, -0.1) is 11.3 Å². The van der Waals surface area contributed by atoms with E-state index in [4.69, 9.17) is 0 Å². The van der Waals surface area contributed by atoms with Crippen LogP contribution in [-0.2, 0) is 15.6 Å². The molecule has 0 unspecified atom stereocenters. The first-order chi connectivity index (χ1) is 10.1. The van der Waals surface area contributed by atoms with Crippen LogP contribution in [0.3, 0.4) is 0 Å². The van der Waals surface area contributed by atoms with Crippen LogP contribution in [0.1, 0.15) is 30.6 Å². The summed E-state index contributed by atoms with van der Waals surface area (Å²) in [5, 5.41) is 0.890. The maximum absolute atomic E-state index is 12.3. The highest BCUT2D eigenvalue weighted by Crippen LogP contribution is 2.29. The predicted molar refractivity (Wildman–Crippen MR) is 87.0 cm³/mol. The highest BCUT2D eigenvalue weighted by Gasteiger charge is 2.23. The summed E-state index contributed by atoms with van der Waals surface area (Å²) in [4.78, 5) is 5.20. The number of nitrogens with zero attached hydrogens (tertiary/aromatic N) is 1. The molecule has 0 radical (unpaired) electrons. The van der Waals surface area contributed by atoms with Crippen LogP contribution in [0.2, 0.25) is 0 Å². The highest BCUT2D eigenvalue weighted by molar-refractivity contribution is 7.90. The minimum Gasteiger partial charge on any atom is -0.244 e. The van der Waals surface area contributed by atoms with E-state index in [0.29, 0.717) is 11.7 Å². The molecule has 112 valence electrons. The van der Waals surface area contributed by atoms with E-state index < -0.39 is 9.84 Å². The number of rotatable bonds is 5. The molecule has 5 heteroatoms. The van der Waals surface area contributed by atoms with E-state index in [0.717, 1.165) is 28.3 Å². The molecule has 0 spiro atoms. The molecule has 1 aromatic carbocycles. The molecular weight excluding hydrogens is 302 g/mol. The zero-order valence-corrected chi connectivity index (χ0v) is 13.5. The summed E-state index contributed by atoms with van der Waals surface area (Å²) in [6, 6.07) is 9.88. The summed E-state index contributed by atoms with van der Waals surface area (Å²) in [7, 11) is -3.02. The molecule has 3 rings (SSSR count).